The first-order chi connectivity index (χ1) is 9.95. The van der Waals surface area contributed by atoms with Gasteiger partial charge in [-0.25, -0.2) is 0 Å². The second kappa shape index (κ2) is 5.48. The first-order valence-electron chi connectivity index (χ1n) is 7.54. The molecule has 1 aliphatic heterocycles. The van der Waals surface area contributed by atoms with Crippen LogP contribution in [0.25, 0.3) is 5.65 Å². The lowest BCUT2D eigenvalue weighted by atomic mass is 9.96. The Kier molecular flexibility index (Phi) is 3.82. The van der Waals surface area contributed by atoms with Crippen molar-refractivity contribution >= 4 is 23.2 Å². The van der Waals surface area contributed by atoms with Gasteiger partial charge in [-0.2, -0.15) is 16.3 Å². The second-order valence-corrected chi connectivity index (χ2v) is 8.24. The first-order valence-corrected chi connectivity index (χ1v) is 8.59. The van der Waals surface area contributed by atoms with E-state index in [0.717, 1.165) is 41.4 Å². The fourth-order valence-corrected chi connectivity index (χ4v) is 3.54. The third-order valence-corrected chi connectivity index (χ3v) is 5.04. The molecular weight excluding hydrogens is 282 g/mol. The Morgan fingerprint density at radius 3 is 2.76 bits per heavy atom. The van der Waals surface area contributed by atoms with Crippen molar-refractivity contribution in [2.45, 2.75) is 44.8 Å². The van der Waals surface area contributed by atoms with Crippen LogP contribution in [0.1, 0.15) is 39.9 Å². The van der Waals surface area contributed by atoms with Crippen LogP contribution in [-0.2, 0) is 5.41 Å². The van der Waals surface area contributed by atoms with Crippen LogP contribution >= 0.6 is 11.8 Å². The van der Waals surface area contributed by atoms with Gasteiger partial charge in [-0.05, 0) is 18.6 Å². The van der Waals surface area contributed by atoms with Gasteiger partial charge in [0.25, 0.3) is 0 Å². The third kappa shape index (κ3) is 3.00. The van der Waals surface area contributed by atoms with E-state index in [-0.39, 0.29) is 5.41 Å². The number of aromatic nitrogens is 4. The smallest absolute Gasteiger partial charge is 0.178 e. The van der Waals surface area contributed by atoms with E-state index < -0.39 is 0 Å². The number of nitrogens with zero attached hydrogens (tertiary/aromatic N) is 5. The summed E-state index contributed by atoms with van der Waals surface area (Å²) in [6, 6.07) is 4.09. The van der Waals surface area contributed by atoms with Crippen molar-refractivity contribution in [3.8, 4) is 0 Å². The highest BCUT2D eigenvalue weighted by Gasteiger charge is 2.23. The van der Waals surface area contributed by atoms with E-state index in [4.69, 9.17) is 5.10 Å². The number of fused-ring (bicyclic) bond motifs is 1. The van der Waals surface area contributed by atoms with Crippen LogP contribution in [0.5, 0.6) is 0 Å². The van der Waals surface area contributed by atoms with Gasteiger partial charge in [-0.15, -0.1) is 15.3 Å². The summed E-state index contributed by atoms with van der Waals surface area (Å²) < 4.78 is 1.90. The van der Waals surface area contributed by atoms with E-state index in [1.54, 1.807) is 0 Å². The monoisotopic (exact) mass is 305 g/mol. The average molecular weight is 305 g/mol. The van der Waals surface area contributed by atoms with Crippen LogP contribution < -0.4 is 4.90 Å². The molecule has 3 heterocycles. The lowest BCUT2D eigenvalue weighted by Crippen LogP contribution is -2.27. The molecule has 0 amide bonds. The molecule has 21 heavy (non-hydrogen) atoms. The van der Waals surface area contributed by atoms with Crippen molar-refractivity contribution in [2.75, 3.05) is 23.7 Å². The van der Waals surface area contributed by atoms with E-state index in [0.29, 0.717) is 0 Å². The fraction of sp³-hybridized carbons (Fsp3) is 0.667. The van der Waals surface area contributed by atoms with Crippen LogP contribution in [-0.4, -0.2) is 43.9 Å². The van der Waals surface area contributed by atoms with Crippen molar-refractivity contribution in [1.82, 2.24) is 19.8 Å². The zero-order chi connectivity index (χ0) is 15.0. The highest BCUT2D eigenvalue weighted by Crippen LogP contribution is 2.24. The minimum absolute atomic E-state index is 0.0613. The number of hydrogen-bond donors (Lipinski definition) is 0. The first kappa shape index (κ1) is 14.6. The summed E-state index contributed by atoms with van der Waals surface area (Å²) in [5.41, 5.74) is 0.759. The molecule has 1 atom stereocenters. The fourth-order valence-electron chi connectivity index (χ4n) is 2.54. The molecule has 1 saturated heterocycles. The Balaban J connectivity index is 1.96. The highest BCUT2D eigenvalue weighted by atomic mass is 32.2. The van der Waals surface area contributed by atoms with Crippen molar-refractivity contribution in [1.29, 1.82) is 0 Å². The quantitative estimate of drug-likeness (QED) is 0.810. The van der Waals surface area contributed by atoms with Crippen LogP contribution in [0.2, 0.25) is 0 Å². The SMILES string of the molecule is CC1CCN(c2ccc3nnc(C(C)(C)C)n3n2)CCS1. The van der Waals surface area contributed by atoms with Gasteiger partial charge in [0, 0.05) is 29.5 Å². The molecule has 0 aliphatic carbocycles. The molecular formula is C15H23N5S. The molecule has 114 valence electrons. The molecule has 1 aliphatic rings. The van der Waals surface area contributed by atoms with E-state index >= 15 is 0 Å². The molecule has 0 aromatic carbocycles. The highest BCUT2D eigenvalue weighted by molar-refractivity contribution is 7.99. The summed E-state index contributed by atoms with van der Waals surface area (Å²) in [5, 5.41) is 14.1. The molecule has 0 saturated carbocycles. The predicted octanol–water partition coefficient (Wildman–Crippen LogP) is 2.75. The molecule has 0 bridgehead atoms. The minimum Gasteiger partial charge on any atom is -0.354 e. The second-order valence-electron chi connectivity index (χ2n) is 6.69. The number of anilines is 1. The Bertz CT molecular complexity index is 631. The maximum Gasteiger partial charge on any atom is 0.178 e. The Morgan fingerprint density at radius 1 is 1.19 bits per heavy atom. The maximum atomic E-state index is 4.80. The Morgan fingerprint density at radius 2 is 2.00 bits per heavy atom. The normalized spacial score (nSPS) is 20.8. The maximum absolute atomic E-state index is 4.80. The van der Waals surface area contributed by atoms with Gasteiger partial charge in [-0.1, -0.05) is 27.7 Å². The Hall–Kier alpha value is -1.30. The molecule has 6 heteroatoms. The van der Waals surface area contributed by atoms with Crippen LogP contribution in [0, 0.1) is 0 Å². The van der Waals surface area contributed by atoms with Gasteiger partial charge in [0.1, 0.15) is 5.82 Å². The van der Waals surface area contributed by atoms with Gasteiger partial charge >= 0.3 is 0 Å². The van der Waals surface area contributed by atoms with Crippen LogP contribution in [0.3, 0.4) is 0 Å². The zero-order valence-electron chi connectivity index (χ0n) is 13.2. The van der Waals surface area contributed by atoms with Crippen molar-refractivity contribution < 1.29 is 0 Å². The van der Waals surface area contributed by atoms with E-state index in [1.807, 2.05) is 22.3 Å². The van der Waals surface area contributed by atoms with E-state index in [9.17, 15) is 0 Å². The summed E-state index contributed by atoms with van der Waals surface area (Å²) in [4.78, 5) is 2.38. The predicted molar refractivity (Wildman–Crippen MR) is 88.2 cm³/mol. The standard InChI is InChI=1S/C15H23N5S/c1-11-7-8-19(9-10-21-11)13-6-5-12-16-17-14(15(2,3)4)20(12)18-13/h5-6,11H,7-10H2,1-4H3. The third-order valence-electron chi connectivity index (χ3n) is 3.81. The summed E-state index contributed by atoms with van der Waals surface area (Å²) in [5.74, 6) is 3.11. The van der Waals surface area contributed by atoms with Crippen molar-refractivity contribution in [3.63, 3.8) is 0 Å². The van der Waals surface area contributed by atoms with Crippen LogP contribution in [0.4, 0.5) is 5.82 Å². The van der Waals surface area contributed by atoms with Crippen molar-refractivity contribution in [2.24, 2.45) is 0 Å². The average Bonchev–Trinajstić information content (AvgIpc) is 2.74. The lowest BCUT2D eigenvalue weighted by Gasteiger charge is -2.22. The Labute approximate surface area is 130 Å². The van der Waals surface area contributed by atoms with E-state index in [2.05, 4.69) is 48.9 Å². The molecule has 2 aromatic rings. The lowest BCUT2D eigenvalue weighted by molar-refractivity contribution is 0.526. The van der Waals surface area contributed by atoms with E-state index in [1.165, 1.54) is 6.42 Å². The van der Waals surface area contributed by atoms with Crippen molar-refractivity contribution in [3.05, 3.63) is 18.0 Å². The molecule has 5 nitrogen and oxygen atoms in total. The van der Waals surface area contributed by atoms with Gasteiger partial charge in [0.2, 0.25) is 0 Å². The summed E-state index contributed by atoms with van der Waals surface area (Å²) in [6.07, 6.45) is 1.21. The van der Waals surface area contributed by atoms with Gasteiger partial charge in [-0.3, -0.25) is 0 Å². The summed E-state index contributed by atoms with van der Waals surface area (Å²) in [7, 11) is 0. The molecule has 0 radical (unpaired) electrons. The van der Waals surface area contributed by atoms with Gasteiger partial charge in [0.15, 0.2) is 11.5 Å². The molecule has 0 N–H and O–H groups in total. The molecule has 3 rings (SSSR count). The van der Waals surface area contributed by atoms with Gasteiger partial charge in [0.05, 0.1) is 0 Å². The number of rotatable bonds is 1. The zero-order valence-corrected chi connectivity index (χ0v) is 14.0. The molecule has 1 fully saturated rings. The molecule has 0 spiro atoms. The number of hydrogen-bond acceptors (Lipinski definition) is 5. The minimum atomic E-state index is -0.0613. The summed E-state index contributed by atoms with van der Waals surface area (Å²) in [6.45, 7) is 10.9. The number of thioether (sulfide) groups is 1. The summed E-state index contributed by atoms with van der Waals surface area (Å²) >= 11 is 2.05. The largest absolute Gasteiger partial charge is 0.354 e. The van der Waals surface area contributed by atoms with Crippen LogP contribution in [0.15, 0.2) is 12.1 Å². The molecule has 1 unspecified atom stereocenters. The molecule has 2 aromatic heterocycles. The topological polar surface area (TPSA) is 46.3 Å². The van der Waals surface area contributed by atoms with Gasteiger partial charge < -0.3 is 4.90 Å².